The van der Waals surface area contributed by atoms with Crippen molar-refractivity contribution in [3.05, 3.63) is 0 Å². The molecular formula is C10H17N3O4. The molecule has 7 heteroatoms. The van der Waals surface area contributed by atoms with Crippen molar-refractivity contribution in [3.8, 4) is 0 Å². The van der Waals surface area contributed by atoms with E-state index < -0.39 is 17.9 Å². The van der Waals surface area contributed by atoms with Gasteiger partial charge in [0.25, 0.3) is 0 Å². The van der Waals surface area contributed by atoms with E-state index in [4.69, 9.17) is 10.8 Å². The van der Waals surface area contributed by atoms with Crippen LogP contribution >= 0.6 is 0 Å². The molecule has 0 saturated heterocycles. The Balaban J connectivity index is 2.13. The number of carboxylic acid groups (broad SMARTS) is 1. The lowest BCUT2D eigenvalue weighted by atomic mass is 10.1. The Kier molecular flexibility index (Phi) is 4.89. The first-order chi connectivity index (χ1) is 7.99. The SMILES string of the molecule is NC(CCC(=O)O)C(=O)NCC(=O)NC1CC1. The molecule has 2 amide bonds. The topological polar surface area (TPSA) is 122 Å². The van der Waals surface area contributed by atoms with Crippen molar-refractivity contribution in [3.63, 3.8) is 0 Å². The van der Waals surface area contributed by atoms with E-state index in [9.17, 15) is 14.4 Å². The van der Waals surface area contributed by atoms with Crippen molar-refractivity contribution < 1.29 is 19.5 Å². The number of nitrogens with one attached hydrogen (secondary N) is 2. The molecule has 0 heterocycles. The fourth-order valence-electron chi connectivity index (χ4n) is 1.21. The molecule has 1 atom stereocenters. The van der Waals surface area contributed by atoms with Gasteiger partial charge in [-0.2, -0.15) is 0 Å². The van der Waals surface area contributed by atoms with E-state index in [1.165, 1.54) is 0 Å². The van der Waals surface area contributed by atoms with Crippen LogP contribution in [0.4, 0.5) is 0 Å². The van der Waals surface area contributed by atoms with Crippen LogP contribution in [0.3, 0.4) is 0 Å². The zero-order valence-electron chi connectivity index (χ0n) is 9.44. The highest BCUT2D eigenvalue weighted by Crippen LogP contribution is 2.18. The third-order valence-electron chi connectivity index (χ3n) is 2.37. The fraction of sp³-hybridized carbons (Fsp3) is 0.700. The van der Waals surface area contributed by atoms with Gasteiger partial charge in [-0.05, 0) is 19.3 Å². The molecule has 0 aromatic heterocycles. The van der Waals surface area contributed by atoms with Crippen molar-refractivity contribution in [2.75, 3.05) is 6.54 Å². The molecule has 0 aromatic carbocycles. The van der Waals surface area contributed by atoms with Gasteiger partial charge in [-0.15, -0.1) is 0 Å². The highest BCUT2D eigenvalue weighted by atomic mass is 16.4. The lowest BCUT2D eigenvalue weighted by Crippen LogP contribution is -2.45. The summed E-state index contributed by atoms with van der Waals surface area (Å²) in [7, 11) is 0. The second-order valence-corrected chi connectivity index (χ2v) is 4.10. The molecule has 0 radical (unpaired) electrons. The van der Waals surface area contributed by atoms with Gasteiger partial charge in [-0.1, -0.05) is 0 Å². The van der Waals surface area contributed by atoms with E-state index in [1.807, 2.05) is 0 Å². The molecule has 1 fully saturated rings. The zero-order chi connectivity index (χ0) is 12.8. The molecule has 1 aliphatic rings. The quantitative estimate of drug-likeness (QED) is 0.437. The van der Waals surface area contributed by atoms with Crippen LogP contribution in [0.25, 0.3) is 0 Å². The lowest BCUT2D eigenvalue weighted by molar-refractivity contribution is -0.137. The minimum Gasteiger partial charge on any atom is -0.481 e. The molecular weight excluding hydrogens is 226 g/mol. The largest absolute Gasteiger partial charge is 0.481 e. The van der Waals surface area contributed by atoms with Gasteiger partial charge >= 0.3 is 5.97 Å². The molecule has 0 spiro atoms. The van der Waals surface area contributed by atoms with Crippen molar-refractivity contribution >= 4 is 17.8 Å². The molecule has 0 bridgehead atoms. The maximum absolute atomic E-state index is 11.4. The molecule has 5 N–H and O–H groups in total. The van der Waals surface area contributed by atoms with Crippen LogP contribution < -0.4 is 16.4 Å². The predicted molar refractivity (Wildman–Crippen MR) is 59.0 cm³/mol. The summed E-state index contributed by atoms with van der Waals surface area (Å²) in [6.45, 7) is -0.115. The van der Waals surface area contributed by atoms with Crippen molar-refractivity contribution in [2.45, 2.75) is 37.8 Å². The molecule has 1 rings (SSSR count). The van der Waals surface area contributed by atoms with Crippen molar-refractivity contribution in [1.29, 1.82) is 0 Å². The maximum atomic E-state index is 11.4. The lowest BCUT2D eigenvalue weighted by Gasteiger charge is -2.10. The standard InChI is InChI=1S/C10H17N3O4/c11-7(3-4-9(15)16)10(17)12-5-8(14)13-6-1-2-6/h6-7H,1-5,11H2,(H,12,17)(H,13,14)(H,15,16). The summed E-state index contributed by atoms with van der Waals surface area (Å²) in [6.07, 6.45) is 1.86. The first kappa shape index (κ1) is 13.4. The van der Waals surface area contributed by atoms with Gasteiger partial charge in [-0.25, -0.2) is 0 Å². The number of carboxylic acids is 1. The normalized spacial score (nSPS) is 16.1. The van der Waals surface area contributed by atoms with E-state index in [2.05, 4.69) is 10.6 Å². The van der Waals surface area contributed by atoms with Gasteiger partial charge in [-0.3, -0.25) is 14.4 Å². The molecule has 96 valence electrons. The van der Waals surface area contributed by atoms with Gasteiger partial charge in [0.05, 0.1) is 12.6 Å². The summed E-state index contributed by atoms with van der Waals surface area (Å²) in [5.74, 6) is -1.75. The third-order valence-corrected chi connectivity index (χ3v) is 2.37. The first-order valence-electron chi connectivity index (χ1n) is 5.53. The van der Waals surface area contributed by atoms with Crippen molar-refractivity contribution in [1.82, 2.24) is 10.6 Å². The summed E-state index contributed by atoms with van der Waals surface area (Å²) in [6, 6.07) is -0.639. The first-order valence-corrected chi connectivity index (χ1v) is 5.53. The van der Waals surface area contributed by atoms with E-state index in [0.717, 1.165) is 12.8 Å². The maximum Gasteiger partial charge on any atom is 0.303 e. The minimum absolute atomic E-state index is 0.0609. The third kappa shape index (κ3) is 5.86. The van der Waals surface area contributed by atoms with Crippen LogP contribution in [0.2, 0.25) is 0 Å². The Morgan fingerprint density at radius 3 is 2.53 bits per heavy atom. The highest BCUT2D eigenvalue weighted by molar-refractivity contribution is 5.87. The van der Waals surface area contributed by atoms with Crippen LogP contribution in [0.15, 0.2) is 0 Å². The Morgan fingerprint density at radius 2 is 2.00 bits per heavy atom. The van der Waals surface area contributed by atoms with Gasteiger partial charge < -0.3 is 21.5 Å². The molecule has 0 aliphatic heterocycles. The summed E-state index contributed by atoms with van der Waals surface area (Å²) < 4.78 is 0. The number of aliphatic carboxylic acids is 1. The molecule has 1 saturated carbocycles. The van der Waals surface area contributed by atoms with Crippen molar-refractivity contribution in [2.24, 2.45) is 5.73 Å². The van der Waals surface area contributed by atoms with Crippen LogP contribution in [0.5, 0.6) is 0 Å². The minimum atomic E-state index is -1.00. The second kappa shape index (κ2) is 6.19. The smallest absolute Gasteiger partial charge is 0.303 e. The molecule has 17 heavy (non-hydrogen) atoms. The number of rotatable bonds is 7. The van der Waals surface area contributed by atoms with E-state index in [-0.39, 0.29) is 31.3 Å². The van der Waals surface area contributed by atoms with Gasteiger partial charge in [0.15, 0.2) is 0 Å². The fourth-order valence-corrected chi connectivity index (χ4v) is 1.21. The molecule has 1 aliphatic carbocycles. The number of carbonyl (C=O) groups excluding carboxylic acids is 2. The Labute approximate surface area is 98.7 Å². The summed E-state index contributed by atoms with van der Waals surface area (Å²) in [5.41, 5.74) is 5.46. The molecule has 7 nitrogen and oxygen atoms in total. The number of nitrogens with two attached hydrogens (primary N) is 1. The number of hydrogen-bond donors (Lipinski definition) is 4. The van der Waals surface area contributed by atoms with Crippen LogP contribution in [0, 0.1) is 0 Å². The molecule has 1 unspecified atom stereocenters. The summed E-state index contributed by atoms with van der Waals surface area (Å²) in [4.78, 5) is 32.8. The highest BCUT2D eigenvalue weighted by Gasteiger charge is 2.23. The van der Waals surface area contributed by atoms with Crippen LogP contribution in [-0.4, -0.2) is 41.5 Å². The van der Waals surface area contributed by atoms with E-state index >= 15 is 0 Å². The van der Waals surface area contributed by atoms with Gasteiger partial charge in [0.2, 0.25) is 11.8 Å². The monoisotopic (exact) mass is 243 g/mol. The molecule has 0 aromatic rings. The predicted octanol–water partition coefficient (Wildman–Crippen LogP) is -1.43. The van der Waals surface area contributed by atoms with E-state index in [1.54, 1.807) is 0 Å². The second-order valence-electron chi connectivity index (χ2n) is 4.10. The Morgan fingerprint density at radius 1 is 1.35 bits per heavy atom. The van der Waals surface area contributed by atoms with Gasteiger partial charge in [0, 0.05) is 12.5 Å². The number of hydrogen-bond acceptors (Lipinski definition) is 4. The summed E-state index contributed by atoms with van der Waals surface area (Å²) in [5, 5.41) is 13.5. The Bertz CT molecular complexity index is 315. The van der Waals surface area contributed by atoms with Crippen LogP contribution in [-0.2, 0) is 14.4 Å². The average molecular weight is 243 g/mol. The van der Waals surface area contributed by atoms with Gasteiger partial charge in [0.1, 0.15) is 0 Å². The average Bonchev–Trinajstić information content (AvgIpc) is 3.06. The Hall–Kier alpha value is -1.63. The zero-order valence-corrected chi connectivity index (χ0v) is 9.44. The van der Waals surface area contributed by atoms with Crippen LogP contribution in [0.1, 0.15) is 25.7 Å². The number of amides is 2. The number of carbonyl (C=O) groups is 3. The summed E-state index contributed by atoms with van der Waals surface area (Å²) >= 11 is 0. The van der Waals surface area contributed by atoms with E-state index in [0.29, 0.717) is 0 Å².